The number of aliphatic hydroxyl groups excluding tert-OH is 1. The average molecular weight is 331 g/mol. The molecular formula is C15H25NO5S. The molecule has 0 saturated heterocycles. The highest BCUT2D eigenvalue weighted by molar-refractivity contribution is 7.89. The second kappa shape index (κ2) is 8.47. The largest absolute Gasteiger partial charge is 0.495 e. The van der Waals surface area contributed by atoms with Crippen molar-refractivity contribution in [1.82, 2.24) is 4.31 Å². The second-order valence-electron chi connectivity index (χ2n) is 5.06. The molecule has 0 unspecified atom stereocenters. The molecule has 1 N–H and O–H groups in total. The normalized spacial score (nSPS) is 11.9. The van der Waals surface area contributed by atoms with Crippen molar-refractivity contribution in [2.75, 3.05) is 40.5 Å². The first-order valence-electron chi connectivity index (χ1n) is 7.13. The Balaban J connectivity index is 3.21. The van der Waals surface area contributed by atoms with Gasteiger partial charge in [0.1, 0.15) is 10.6 Å². The Kier molecular flexibility index (Phi) is 7.28. The van der Waals surface area contributed by atoms with E-state index in [-0.39, 0.29) is 24.6 Å². The van der Waals surface area contributed by atoms with Gasteiger partial charge in [0.25, 0.3) is 0 Å². The van der Waals surface area contributed by atoms with E-state index in [0.29, 0.717) is 18.8 Å². The molecule has 0 atom stereocenters. The van der Waals surface area contributed by atoms with Crippen LogP contribution in [0.15, 0.2) is 17.0 Å². The average Bonchev–Trinajstić information content (AvgIpc) is 2.48. The fraction of sp³-hybridized carbons (Fsp3) is 0.600. The lowest BCUT2D eigenvalue weighted by Gasteiger charge is -2.23. The van der Waals surface area contributed by atoms with Crippen LogP contribution in [0.5, 0.6) is 5.75 Å². The van der Waals surface area contributed by atoms with E-state index < -0.39 is 10.0 Å². The number of aliphatic hydroxyl groups is 1. The van der Waals surface area contributed by atoms with Gasteiger partial charge in [-0.2, -0.15) is 4.31 Å². The highest BCUT2D eigenvalue weighted by atomic mass is 32.2. The van der Waals surface area contributed by atoms with Crippen LogP contribution in [0.1, 0.15) is 17.5 Å². The predicted octanol–water partition coefficient (Wildman–Crippen LogP) is 1.33. The Hall–Kier alpha value is -1.15. The van der Waals surface area contributed by atoms with Crippen molar-refractivity contribution < 1.29 is 23.0 Å². The van der Waals surface area contributed by atoms with Crippen LogP contribution < -0.4 is 4.74 Å². The summed E-state index contributed by atoms with van der Waals surface area (Å²) < 4.78 is 37.2. The molecule has 0 bridgehead atoms. The number of rotatable bonds is 9. The SMILES string of the molecule is COCCCN(CCO)S(=O)(=O)c1cc(C)c(C)cc1OC. The van der Waals surface area contributed by atoms with Gasteiger partial charge in [0.15, 0.2) is 0 Å². The Labute approximate surface area is 132 Å². The van der Waals surface area contributed by atoms with Gasteiger partial charge in [-0.3, -0.25) is 0 Å². The molecule has 0 aliphatic heterocycles. The molecular weight excluding hydrogens is 306 g/mol. The summed E-state index contributed by atoms with van der Waals surface area (Å²) in [5, 5.41) is 9.16. The van der Waals surface area contributed by atoms with Gasteiger partial charge in [0.05, 0.1) is 13.7 Å². The molecule has 126 valence electrons. The summed E-state index contributed by atoms with van der Waals surface area (Å²) in [5.41, 5.74) is 1.84. The maximum absolute atomic E-state index is 12.9. The van der Waals surface area contributed by atoms with Crippen molar-refractivity contribution >= 4 is 10.0 Å². The van der Waals surface area contributed by atoms with Crippen LogP contribution in [0, 0.1) is 13.8 Å². The van der Waals surface area contributed by atoms with E-state index in [1.165, 1.54) is 11.4 Å². The van der Waals surface area contributed by atoms with Gasteiger partial charge in [-0.1, -0.05) is 0 Å². The zero-order valence-corrected chi connectivity index (χ0v) is 14.4. The molecule has 0 radical (unpaired) electrons. The standard InChI is InChI=1S/C15H25NO5S/c1-12-10-14(21-4)15(11-13(12)2)22(18,19)16(7-8-17)6-5-9-20-3/h10-11,17H,5-9H2,1-4H3. The van der Waals surface area contributed by atoms with Crippen LogP contribution >= 0.6 is 0 Å². The predicted molar refractivity (Wildman–Crippen MR) is 84.8 cm³/mol. The van der Waals surface area contributed by atoms with Crippen molar-refractivity contribution in [3.05, 3.63) is 23.3 Å². The number of nitrogens with zero attached hydrogens (tertiary/aromatic N) is 1. The van der Waals surface area contributed by atoms with Gasteiger partial charge >= 0.3 is 0 Å². The smallest absolute Gasteiger partial charge is 0.246 e. The number of ether oxygens (including phenoxy) is 2. The van der Waals surface area contributed by atoms with Gasteiger partial charge < -0.3 is 14.6 Å². The van der Waals surface area contributed by atoms with Crippen molar-refractivity contribution in [3.8, 4) is 5.75 Å². The van der Waals surface area contributed by atoms with E-state index in [1.54, 1.807) is 19.2 Å². The van der Waals surface area contributed by atoms with Gasteiger partial charge in [-0.15, -0.1) is 0 Å². The fourth-order valence-corrected chi connectivity index (χ4v) is 3.80. The summed E-state index contributed by atoms with van der Waals surface area (Å²) in [6.07, 6.45) is 0.558. The van der Waals surface area contributed by atoms with Gasteiger partial charge in [-0.05, 0) is 43.5 Å². The summed E-state index contributed by atoms with van der Waals surface area (Å²) in [4.78, 5) is 0.129. The molecule has 6 nitrogen and oxygen atoms in total. The molecule has 0 heterocycles. The van der Waals surface area contributed by atoms with E-state index in [0.717, 1.165) is 11.1 Å². The number of hydrogen-bond acceptors (Lipinski definition) is 5. The zero-order valence-electron chi connectivity index (χ0n) is 13.6. The van der Waals surface area contributed by atoms with E-state index in [1.807, 2.05) is 13.8 Å². The topological polar surface area (TPSA) is 76.1 Å². The monoisotopic (exact) mass is 331 g/mol. The fourth-order valence-electron chi connectivity index (χ4n) is 2.11. The number of hydrogen-bond donors (Lipinski definition) is 1. The third-order valence-electron chi connectivity index (χ3n) is 3.50. The quantitative estimate of drug-likeness (QED) is 0.691. The third kappa shape index (κ3) is 4.42. The summed E-state index contributed by atoms with van der Waals surface area (Å²) in [5.74, 6) is 0.317. The van der Waals surface area contributed by atoms with Crippen LogP contribution in [0.2, 0.25) is 0 Å². The third-order valence-corrected chi connectivity index (χ3v) is 5.42. The van der Waals surface area contributed by atoms with Crippen LogP contribution in [0.3, 0.4) is 0 Å². The minimum absolute atomic E-state index is 0.0438. The first-order chi connectivity index (χ1) is 10.4. The molecule has 0 amide bonds. The van der Waals surface area contributed by atoms with E-state index >= 15 is 0 Å². The Morgan fingerprint density at radius 1 is 1.14 bits per heavy atom. The summed E-state index contributed by atoms with van der Waals surface area (Å²) in [6, 6.07) is 3.33. The van der Waals surface area contributed by atoms with Crippen LogP contribution in [0.25, 0.3) is 0 Å². The van der Waals surface area contributed by atoms with Crippen LogP contribution in [-0.2, 0) is 14.8 Å². The van der Waals surface area contributed by atoms with E-state index in [9.17, 15) is 8.42 Å². The van der Waals surface area contributed by atoms with Gasteiger partial charge in [-0.25, -0.2) is 8.42 Å². The lowest BCUT2D eigenvalue weighted by Crippen LogP contribution is -2.35. The minimum Gasteiger partial charge on any atom is -0.495 e. The first-order valence-corrected chi connectivity index (χ1v) is 8.57. The molecule has 0 saturated carbocycles. The van der Waals surface area contributed by atoms with Crippen molar-refractivity contribution in [2.24, 2.45) is 0 Å². The van der Waals surface area contributed by atoms with E-state index in [2.05, 4.69) is 0 Å². The zero-order chi connectivity index (χ0) is 16.8. The summed E-state index contributed by atoms with van der Waals surface area (Å²) in [7, 11) is -0.717. The minimum atomic E-state index is -3.73. The maximum Gasteiger partial charge on any atom is 0.246 e. The molecule has 0 spiro atoms. The highest BCUT2D eigenvalue weighted by Gasteiger charge is 2.27. The first kappa shape index (κ1) is 18.9. The summed E-state index contributed by atoms with van der Waals surface area (Å²) >= 11 is 0. The number of sulfonamides is 1. The highest BCUT2D eigenvalue weighted by Crippen LogP contribution is 2.29. The summed E-state index contributed by atoms with van der Waals surface area (Å²) in [6.45, 7) is 4.31. The van der Waals surface area contributed by atoms with Gasteiger partial charge in [0, 0.05) is 26.8 Å². The lowest BCUT2D eigenvalue weighted by molar-refractivity contribution is 0.182. The Morgan fingerprint density at radius 2 is 1.77 bits per heavy atom. The Bertz CT molecular complexity index is 586. The number of aryl methyl sites for hydroxylation is 2. The maximum atomic E-state index is 12.9. The second-order valence-corrected chi connectivity index (χ2v) is 6.97. The molecule has 0 fully saturated rings. The molecule has 7 heteroatoms. The molecule has 0 aliphatic carbocycles. The number of benzene rings is 1. The van der Waals surface area contributed by atoms with Gasteiger partial charge in [0.2, 0.25) is 10.0 Å². The molecule has 1 aromatic rings. The van der Waals surface area contributed by atoms with Crippen LogP contribution in [0.4, 0.5) is 0 Å². The Morgan fingerprint density at radius 3 is 2.32 bits per heavy atom. The van der Waals surface area contributed by atoms with Crippen LogP contribution in [-0.4, -0.2) is 58.4 Å². The van der Waals surface area contributed by atoms with Crippen molar-refractivity contribution in [2.45, 2.75) is 25.2 Å². The molecule has 1 rings (SSSR count). The number of methoxy groups -OCH3 is 2. The molecule has 0 aromatic heterocycles. The van der Waals surface area contributed by atoms with E-state index in [4.69, 9.17) is 14.6 Å². The molecule has 1 aromatic carbocycles. The van der Waals surface area contributed by atoms with Crippen molar-refractivity contribution in [1.29, 1.82) is 0 Å². The lowest BCUT2D eigenvalue weighted by atomic mass is 10.1. The van der Waals surface area contributed by atoms with Crippen molar-refractivity contribution in [3.63, 3.8) is 0 Å². The molecule has 22 heavy (non-hydrogen) atoms. The molecule has 0 aliphatic rings.